The maximum Gasteiger partial charge on any atom is 0.326 e. The normalized spacial score (nSPS) is 24.6. The van der Waals surface area contributed by atoms with Gasteiger partial charge in [0, 0.05) is 20.1 Å². The third kappa shape index (κ3) is 4.36. The van der Waals surface area contributed by atoms with Crippen LogP contribution < -0.4 is 5.32 Å². The molecular formula is C12H22N2O5. The number of hydrogen-bond donors (Lipinski definition) is 4. The Kier molecular flexibility index (Phi) is 6.04. The molecular weight excluding hydrogens is 252 g/mol. The average molecular weight is 274 g/mol. The van der Waals surface area contributed by atoms with E-state index >= 15 is 0 Å². The quantitative estimate of drug-likeness (QED) is 0.553. The van der Waals surface area contributed by atoms with Crippen molar-refractivity contribution in [1.82, 2.24) is 10.2 Å². The number of amides is 2. The molecule has 1 rings (SSSR count). The summed E-state index contributed by atoms with van der Waals surface area (Å²) in [4.78, 5) is 24.2. The number of urea groups is 1. The van der Waals surface area contributed by atoms with Gasteiger partial charge in [0.15, 0.2) is 0 Å². The second kappa shape index (κ2) is 7.30. The highest BCUT2D eigenvalue weighted by Gasteiger charge is 2.31. The van der Waals surface area contributed by atoms with Crippen molar-refractivity contribution in [2.24, 2.45) is 0 Å². The number of aliphatic hydroxyl groups is 2. The number of aliphatic carboxylic acids is 1. The number of nitrogens with one attached hydrogen (secondary N) is 1. The van der Waals surface area contributed by atoms with Crippen LogP contribution in [0.2, 0.25) is 0 Å². The van der Waals surface area contributed by atoms with Gasteiger partial charge in [0.1, 0.15) is 6.04 Å². The minimum absolute atomic E-state index is 0.0396. The van der Waals surface area contributed by atoms with E-state index in [2.05, 4.69) is 5.32 Å². The molecule has 4 N–H and O–H groups in total. The standard InChI is InChI=1S/C12H22N2O5/c1-14(9-4-2-3-5-10(9)16)12(19)13-8(6-7-15)11(17)18/h8-10,15-16H,2-7H2,1H3,(H,13,19)(H,17,18)/t8-,9?,10?/m0/s1. The second-order valence-electron chi connectivity index (χ2n) is 4.88. The zero-order chi connectivity index (χ0) is 14.4. The van der Waals surface area contributed by atoms with Gasteiger partial charge in [-0.05, 0) is 12.8 Å². The van der Waals surface area contributed by atoms with Gasteiger partial charge in [-0.25, -0.2) is 9.59 Å². The van der Waals surface area contributed by atoms with E-state index in [0.29, 0.717) is 12.8 Å². The fourth-order valence-corrected chi connectivity index (χ4v) is 2.33. The minimum Gasteiger partial charge on any atom is -0.480 e. The highest BCUT2D eigenvalue weighted by atomic mass is 16.4. The van der Waals surface area contributed by atoms with Crippen LogP contribution >= 0.6 is 0 Å². The molecule has 2 unspecified atom stereocenters. The van der Waals surface area contributed by atoms with Crippen molar-refractivity contribution in [2.45, 2.75) is 50.3 Å². The van der Waals surface area contributed by atoms with Crippen LogP contribution in [0.25, 0.3) is 0 Å². The first kappa shape index (κ1) is 15.7. The average Bonchev–Trinajstić information content (AvgIpc) is 2.37. The Morgan fingerprint density at radius 2 is 2.00 bits per heavy atom. The molecule has 2 amide bonds. The Bertz CT molecular complexity index is 323. The topological polar surface area (TPSA) is 110 Å². The summed E-state index contributed by atoms with van der Waals surface area (Å²) in [5, 5.41) is 29.9. The maximum absolute atomic E-state index is 11.9. The molecule has 110 valence electrons. The molecule has 7 nitrogen and oxygen atoms in total. The van der Waals surface area contributed by atoms with Crippen LogP contribution in [0.15, 0.2) is 0 Å². The Morgan fingerprint density at radius 3 is 2.53 bits per heavy atom. The van der Waals surface area contributed by atoms with Crippen molar-refractivity contribution < 1.29 is 24.9 Å². The first-order valence-electron chi connectivity index (χ1n) is 6.52. The van der Waals surface area contributed by atoms with E-state index in [4.69, 9.17) is 10.2 Å². The van der Waals surface area contributed by atoms with Gasteiger partial charge in [0.25, 0.3) is 0 Å². The molecule has 0 spiro atoms. The fraction of sp³-hybridized carbons (Fsp3) is 0.833. The van der Waals surface area contributed by atoms with Crippen LogP contribution in [-0.4, -0.2) is 64.1 Å². The molecule has 1 saturated carbocycles. The molecule has 0 bridgehead atoms. The highest BCUT2D eigenvalue weighted by molar-refractivity contribution is 5.82. The van der Waals surface area contributed by atoms with Gasteiger partial charge < -0.3 is 25.5 Å². The monoisotopic (exact) mass is 274 g/mol. The molecule has 0 aromatic rings. The number of likely N-dealkylation sites (N-methyl/N-ethyl adjacent to an activating group) is 1. The Balaban J connectivity index is 2.57. The number of carboxylic acids is 1. The molecule has 0 saturated heterocycles. The SMILES string of the molecule is CN(C(=O)N[C@@H](CCO)C(=O)O)C1CCCCC1O. The maximum atomic E-state index is 11.9. The molecule has 0 heterocycles. The van der Waals surface area contributed by atoms with Crippen molar-refractivity contribution in [3.8, 4) is 0 Å². The largest absolute Gasteiger partial charge is 0.480 e. The smallest absolute Gasteiger partial charge is 0.326 e. The van der Waals surface area contributed by atoms with E-state index in [0.717, 1.165) is 12.8 Å². The molecule has 1 aliphatic rings. The number of carbonyl (C=O) groups is 2. The van der Waals surface area contributed by atoms with E-state index in [1.54, 1.807) is 7.05 Å². The molecule has 0 aromatic heterocycles. The molecule has 19 heavy (non-hydrogen) atoms. The summed E-state index contributed by atoms with van der Waals surface area (Å²) >= 11 is 0. The first-order chi connectivity index (χ1) is 8.97. The van der Waals surface area contributed by atoms with Crippen molar-refractivity contribution in [2.75, 3.05) is 13.7 Å². The van der Waals surface area contributed by atoms with Crippen LogP contribution in [0.1, 0.15) is 32.1 Å². The van der Waals surface area contributed by atoms with Gasteiger partial charge in [0.05, 0.1) is 12.1 Å². The number of aliphatic hydroxyl groups excluding tert-OH is 2. The van der Waals surface area contributed by atoms with E-state index < -0.39 is 24.1 Å². The number of carbonyl (C=O) groups excluding carboxylic acids is 1. The van der Waals surface area contributed by atoms with E-state index in [-0.39, 0.29) is 19.1 Å². The van der Waals surface area contributed by atoms with E-state index in [1.807, 2.05) is 0 Å². The lowest BCUT2D eigenvalue weighted by atomic mass is 9.92. The lowest BCUT2D eigenvalue weighted by Crippen LogP contribution is -2.53. The summed E-state index contributed by atoms with van der Waals surface area (Å²) in [6.45, 7) is -0.312. The van der Waals surface area contributed by atoms with Gasteiger partial charge in [-0.1, -0.05) is 12.8 Å². The van der Waals surface area contributed by atoms with Gasteiger partial charge in [-0.3, -0.25) is 0 Å². The predicted octanol–water partition coefficient (Wildman–Crippen LogP) is -0.233. The Labute approximate surface area is 112 Å². The summed E-state index contributed by atoms with van der Waals surface area (Å²) < 4.78 is 0. The molecule has 3 atom stereocenters. The number of nitrogens with zero attached hydrogens (tertiary/aromatic N) is 1. The lowest BCUT2D eigenvalue weighted by molar-refractivity contribution is -0.139. The summed E-state index contributed by atoms with van der Waals surface area (Å²) in [5.41, 5.74) is 0. The van der Waals surface area contributed by atoms with Crippen LogP contribution in [0.3, 0.4) is 0 Å². The summed E-state index contributed by atoms with van der Waals surface area (Å²) in [7, 11) is 1.55. The highest BCUT2D eigenvalue weighted by Crippen LogP contribution is 2.22. The van der Waals surface area contributed by atoms with Crippen molar-refractivity contribution in [3.63, 3.8) is 0 Å². The summed E-state index contributed by atoms with van der Waals surface area (Å²) in [5.74, 6) is -1.18. The fourth-order valence-electron chi connectivity index (χ4n) is 2.33. The third-order valence-electron chi connectivity index (χ3n) is 3.53. The van der Waals surface area contributed by atoms with Gasteiger partial charge in [0.2, 0.25) is 0 Å². The first-order valence-corrected chi connectivity index (χ1v) is 6.52. The zero-order valence-corrected chi connectivity index (χ0v) is 11.1. The van der Waals surface area contributed by atoms with Crippen molar-refractivity contribution >= 4 is 12.0 Å². The minimum atomic E-state index is -1.18. The molecule has 0 aliphatic heterocycles. The van der Waals surface area contributed by atoms with Crippen LogP contribution in [0, 0.1) is 0 Å². The molecule has 1 aliphatic carbocycles. The van der Waals surface area contributed by atoms with Gasteiger partial charge in [-0.2, -0.15) is 0 Å². The molecule has 0 aromatic carbocycles. The van der Waals surface area contributed by atoms with Crippen LogP contribution in [0.5, 0.6) is 0 Å². The van der Waals surface area contributed by atoms with Crippen molar-refractivity contribution in [3.05, 3.63) is 0 Å². The second-order valence-corrected chi connectivity index (χ2v) is 4.88. The van der Waals surface area contributed by atoms with Gasteiger partial charge >= 0.3 is 12.0 Å². The third-order valence-corrected chi connectivity index (χ3v) is 3.53. The molecule has 1 fully saturated rings. The summed E-state index contributed by atoms with van der Waals surface area (Å²) in [6, 6.07) is -1.93. The Hall–Kier alpha value is -1.34. The van der Waals surface area contributed by atoms with Crippen LogP contribution in [0.4, 0.5) is 4.79 Å². The molecule has 0 radical (unpaired) electrons. The Morgan fingerprint density at radius 1 is 1.37 bits per heavy atom. The van der Waals surface area contributed by atoms with Gasteiger partial charge in [-0.15, -0.1) is 0 Å². The van der Waals surface area contributed by atoms with Crippen molar-refractivity contribution in [1.29, 1.82) is 0 Å². The zero-order valence-electron chi connectivity index (χ0n) is 11.1. The van der Waals surface area contributed by atoms with Crippen LogP contribution in [-0.2, 0) is 4.79 Å². The molecule has 7 heteroatoms. The van der Waals surface area contributed by atoms with E-state index in [9.17, 15) is 14.7 Å². The number of hydrogen-bond acceptors (Lipinski definition) is 4. The van der Waals surface area contributed by atoms with E-state index in [1.165, 1.54) is 4.90 Å². The number of carboxylic acid groups (broad SMARTS) is 1. The lowest BCUT2D eigenvalue weighted by Gasteiger charge is -2.35. The predicted molar refractivity (Wildman–Crippen MR) is 67.7 cm³/mol. The summed E-state index contributed by atoms with van der Waals surface area (Å²) in [6.07, 6.45) is 2.64. The number of rotatable bonds is 5.